The minimum absolute atomic E-state index is 0.426. The van der Waals surface area contributed by atoms with E-state index < -0.39 is 0 Å². The Morgan fingerprint density at radius 2 is 1.89 bits per heavy atom. The molecule has 7 heteroatoms. The van der Waals surface area contributed by atoms with Gasteiger partial charge in [0.1, 0.15) is 23.8 Å². The van der Waals surface area contributed by atoms with Crippen LogP contribution in [-0.4, -0.2) is 55.8 Å². The Morgan fingerprint density at radius 1 is 1.00 bits per heavy atom. The molecule has 2 aromatic heterocycles. The van der Waals surface area contributed by atoms with Crippen molar-refractivity contribution in [3.8, 4) is 0 Å². The molecule has 0 bridgehead atoms. The van der Waals surface area contributed by atoms with Gasteiger partial charge >= 0.3 is 0 Å². The van der Waals surface area contributed by atoms with E-state index in [0.717, 1.165) is 44.1 Å². The second kappa shape index (κ2) is 7.19. The van der Waals surface area contributed by atoms with Crippen molar-refractivity contribution in [1.29, 1.82) is 0 Å². The molecule has 1 unspecified atom stereocenters. The van der Waals surface area contributed by atoms with Crippen LogP contribution in [0.15, 0.2) is 6.33 Å². The van der Waals surface area contributed by atoms with Crippen LogP contribution in [0, 0.1) is 0 Å². The van der Waals surface area contributed by atoms with Crippen LogP contribution in [0.2, 0.25) is 0 Å². The van der Waals surface area contributed by atoms with Gasteiger partial charge in [0.25, 0.3) is 0 Å². The predicted octanol–water partition coefficient (Wildman–Crippen LogP) is 2.07. The molecule has 0 amide bonds. The molecule has 2 aromatic rings. The molecule has 0 spiro atoms. The fourth-order valence-electron chi connectivity index (χ4n) is 5.00. The van der Waals surface area contributed by atoms with Crippen LogP contribution in [-0.2, 0) is 26.4 Å². The Bertz CT molecular complexity index is 809. The maximum atomic E-state index is 4.66. The van der Waals surface area contributed by atoms with Crippen LogP contribution >= 0.6 is 0 Å². The second-order valence-electron chi connectivity index (χ2n) is 8.28. The molecular formula is C20H29N7. The maximum Gasteiger partial charge on any atom is 0.146 e. The van der Waals surface area contributed by atoms with Gasteiger partial charge in [0, 0.05) is 37.3 Å². The first-order valence-corrected chi connectivity index (χ1v) is 10.5. The highest BCUT2D eigenvalue weighted by Crippen LogP contribution is 2.33. The highest BCUT2D eigenvalue weighted by Gasteiger charge is 2.29. The molecule has 5 rings (SSSR count). The lowest BCUT2D eigenvalue weighted by Gasteiger charge is -2.34. The quantitative estimate of drug-likeness (QED) is 0.824. The number of fused-ring (bicyclic) bond motifs is 1. The van der Waals surface area contributed by atoms with Gasteiger partial charge < -0.3 is 9.47 Å². The molecule has 0 aromatic carbocycles. The molecule has 2 aliphatic heterocycles. The lowest BCUT2D eigenvalue weighted by atomic mass is 9.96. The number of hydrogen-bond acceptors (Lipinski definition) is 6. The summed E-state index contributed by atoms with van der Waals surface area (Å²) in [5.41, 5.74) is 2.64. The van der Waals surface area contributed by atoms with Gasteiger partial charge in [0.15, 0.2) is 0 Å². The first kappa shape index (κ1) is 17.1. The van der Waals surface area contributed by atoms with Gasteiger partial charge in [0.05, 0.1) is 6.54 Å². The Morgan fingerprint density at radius 3 is 2.78 bits per heavy atom. The summed E-state index contributed by atoms with van der Waals surface area (Å²) in [6.45, 7) is 5.38. The maximum absolute atomic E-state index is 4.66. The van der Waals surface area contributed by atoms with E-state index in [0.29, 0.717) is 5.92 Å². The topological polar surface area (TPSA) is 63.0 Å². The van der Waals surface area contributed by atoms with Crippen LogP contribution in [0.1, 0.15) is 60.9 Å². The van der Waals surface area contributed by atoms with Gasteiger partial charge in [-0.05, 0) is 58.0 Å². The second-order valence-corrected chi connectivity index (χ2v) is 8.28. The minimum Gasteiger partial charge on any atom is -0.356 e. The average molecular weight is 368 g/mol. The molecule has 2 fully saturated rings. The SMILES string of the molecule is Cn1c(CN2CCCC2)nnc1C1CCCN(c2ncnc3c2CCC3)C1. The molecule has 144 valence electrons. The fraction of sp³-hybridized carbons (Fsp3) is 0.700. The predicted molar refractivity (Wildman–Crippen MR) is 104 cm³/mol. The van der Waals surface area contributed by atoms with Crippen molar-refractivity contribution in [3.05, 3.63) is 29.2 Å². The van der Waals surface area contributed by atoms with E-state index in [1.165, 1.54) is 62.3 Å². The Balaban J connectivity index is 1.34. The minimum atomic E-state index is 0.426. The monoisotopic (exact) mass is 367 g/mol. The molecule has 0 radical (unpaired) electrons. The van der Waals surface area contributed by atoms with Crippen LogP contribution in [0.4, 0.5) is 5.82 Å². The standard InChI is InChI=1S/C20H29N7/c1-25-18(13-26-9-2-3-10-26)23-24-19(25)15-6-5-11-27(12-15)20-16-7-4-8-17(16)21-14-22-20/h14-15H,2-13H2,1H3. The smallest absolute Gasteiger partial charge is 0.146 e. The molecule has 27 heavy (non-hydrogen) atoms. The van der Waals surface area contributed by atoms with Crippen molar-refractivity contribution in [3.63, 3.8) is 0 Å². The van der Waals surface area contributed by atoms with Gasteiger partial charge in [-0.2, -0.15) is 0 Å². The number of nitrogens with zero attached hydrogens (tertiary/aromatic N) is 7. The summed E-state index contributed by atoms with van der Waals surface area (Å²) in [4.78, 5) is 14.1. The van der Waals surface area contributed by atoms with Crippen molar-refractivity contribution < 1.29 is 0 Å². The number of hydrogen-bond donors (Lipinski definition) is 0. The lowest BCUT2D eigenvalue weighted by molar-refractivity contribution is 0.317. The summed E-state index contributed by atoms with van der Waals surface area (Å²) in [5.74, 6) is 3.84. The number of aryl methyl sites for hydroxylation is 1. The number of anilines is 1. The van der Waals surface area contributed by atoms with Crippen molar-refractivity contribution in [2.75, 3.05) is 31.1 Å². The van der Waals surface area contributed by atoms with E-state index in [2.05, 4.69) is 41.6 Å². The summed E-state index contributed by atoms with van der Waals surface area (Å²) >= 11 is 0. The van der Waals surface area contributed by atoms with Crippen LogP contribution < -0.4 is 4.90 Å². The molecule has 3 aliphatic rings. The van der Waals surface area contributed by atoms with E-state index in [1.54, 1.807) is 6.33 Å². The van der Waals surface area contributed by atoms with Gasteiger partial charge in [-0.25, -0.2) is 9.97 Å². The number of piperidine rings is 1. The summed E-state index contributed by atoms with van der Waals surface area (Å²) in [6.07, 6.45) is 10.2. The van der Waals surface area contributed by atoms with Crippen LogP contribution in [0.25, 0.3) is 0 Å². The van der Waals surface area contributed by atoms with Crippen molar-refractivity contribution in [1.82, 2.24) is 29.6 Å². The van der Waals surface area contributed by atoms with Crippen LogP contribution in [0.5, 0.6) is 0 Å². The summed E-state index contributed by atoms with van der Waals surface area (Å²) in [6, 6.07) is 0. The third kappa shape index (κ3) is 3.22. The Labute approximate surface area is 160 Å². The Hall–Kier alpha value is -2.02. The molecular weight excluding hydrogens is 338 g/mol. The van der Waals surface area contributed by atoms with Crippen molar-refractivity contribution in [2.24, 2.45) is 7.05 Å². The lowest BCUT2D eigenvalue weighted by Crippen LogP contribution is -2.36. The summed E-state index contributed by atoms with van der Waals surface area (Å²) < 4.78 is 2.25. The van der Waals surface area contributed by atoms with Crippen LogP contribution in [0.3, 0.4) is 0 Å². The van der Waals surface area contributed by atoms with Gasteiger partial charge in [-0.1, -0.05) is 0 Å². The van der Waals surface area contributed by atoms with E-state index in [4.69, 9.17) is 0 Å². The zero-order valence-corrected chi connectivity index (χ0v) is 16.3. The number of rotatable bonds is 4. The highest BCUT2D eigenvalue weighted by atomic mass is 15.3. The molecule has 4 heterocycles. The molecule has 7 nitrogen and oxygen atoms in total. The highest BCUT2D eigenvalue weighted by molar-refractivity contribution is 5.51. The number of likely N-dealkylation sites (tertiary alicyclic amines) is 1. The first-order valence-electron chi connectivity index (χ1n) is 10.5. The summed E-state index contributed by atoms with van der Waals surface area (Å²) in [7, 11) is 2.14. The average Bonchev–Trinajstić information content (AvgIpc) is 3.44. The molecule has 2 saturated heterocycles. The van der Waals surface area contributed by atoms with Crippen molar-refractivity contribution in [2.45, 2.75) is 57.4 Å². The normalized spacial score (nSPS) is 23.1. The largest absolute Gasteiger partial charge is 0.356 e. The van der Waals surface area contributed by atoms with Gasteiger partial charge in [0.2, 0.25) is 0 Å². The Kier molecular flexibility index (Phi) is 4.55. The van der Waals surface area contributed by atoms with E-state index in [-0.39, 0.29) is 0 Å². The van der Waals surface area contributed by atoms with Crippen molar-refractivity contribution >= 4 is 5.82 Å². The molecule has 0 saturated carbocycles. The fourth-order valence-corrected chi connectivity index (χ4v) is 5.00. The third-order valence-electron chi connectivity index (χ3n) is 6.50. The van der Waals surface area contributed by atoms with E-state index in [1.807, 2.05) is 0 Å². The number of aromatic nitrogens is 5. The van der Waals surface area contributed by atoms with E-state index in [9.17, 15) is 0 Å². The molecule has 1 aliphatic carbocycles. The zero-order chi connectivity index (χ0) is 18.2. The van der Waals surface area contributed by atoms with Gasteiger partial charge in [-0.3, -0.25) is 4.90 Å². The molecule has 1 atom stereocenters. The van der Waals surface area contributed by atoms with Gasteiger partial charge in [-0.15, -0.1) is 10.2 Å². The molecule has 0 N–H and O–H groups in total. The summed E-state index contributed by atoms with van der Waals surface area (Å²) in [5, 5.41) is 9.15. The zero-order valence-electron chi connectivity index (χ0n) is 16.3. The van der Waals surface area contributed by atoms with E-state index >= 15 is 0 Å². The first-order chi connectivity index (χ1) is 13.3. The third-order valence-corrected chi connectivity index (χ3v) is 6.50.